The van der Waals surface area contributed by atoms with Crippen molar-refractivity contribution in [3.8, 4) is 0 Å². The Labute approximate surface area is 167 Å². The normalized spacial score (nSPS) is 21.3. The summed E-state index contributed by atoms with van der Waals surface area (Å²) in [4.78, 5) is 59.9. The van der Waals surface area contributed by atoms with E-state index in [1.165, 1.54) is 11.8 Å². The maximum atomic E-state index is 12.5. The Morgan fingerprint density at radius 1 is 1.29 bits per heavy atom. The molecule has 1 unspecified atom stereocenters. The molecule has 1 heterocycles. The number of rotatable bonds is 7. The van der Waals surface area contributed by atoms with Gasteiger partial charge in [-0.25, -0.2) is 0 Å². The van der Waals surface area contributed by atoms with Crippen molar-refractivity contribution in [2.24, 2.45) is 0 Å². The third-order valence-corrected chi connectivity index (χ3v) is 4.94. The molecule has 0 spiro atoms. The molecular weight excluding hydrogens is 388 g/mol. The van der Waals surface area contributed by atoms with Crippen LogP contribution in [0, 0.1) is 0 Å². The van der Waals surface area contributed by atoms with Gasteiger partial charge in [0.15, 0.2) is 0 Å². The highest BCUT2D eigenvalue weighted by atomic mass is 35.5. The molecule has 1 fully saturated rings. The molecule has 0 aromatic rings. The van der Waals surface area contributed by atoms with E-state index < -0.39 is 23.9 Å². The van der Waals surface area contributed by atoms with E-state index in [-0.39, 0.29) is 35.5 Å². The Bertz CT molecular complexity index is 733. The molecule has 1 aliphatic heterocycles. The molecular formula is C18H23ClN4O5. The van der Waals surface area contributed by atoms with E-state index in [0.717, 1.165) is 0 Å². The average molecular weight is 411 g/mol. The molecule has 2 aliphatic rings. The van der Waals surface area contributed by atoms with Crippen molar-refractivity contribution in [3.63, 3.8) is 0 Å². The lowest BCUT2D eigenvalue weighted by Gasteiger charge is -2.24. The van der Waals surface area contributed by atoms with Gasteiger partial charge in [-0.15, -0.1) is 0 Å². The number of carbonyl (C=O) groups is 5. The predicted molar refractivity (Wildman–Crippen MR) is 101 cm³/mol. The van der Waals surface area contributed by atoms with Gasteiger partial charge in [0, 0.05) is 13.5 Å². The molecule has 9 nitrogen and oxygen atoms in total. The first-order valence-corrected chi connectivity index (χ1v) is 9.35. The minimum Gasteiger partial charge on any atom is -0.348 e. The average Bonchev–Trinajstić information content (AvgIpc) is 3.15. The lowest BCUT2D eigenvalue weighted by atomic mass is 10.0. The first-order chi connectivity index (χ1) is 13.3. The SMILES string of the molecule is CC(=O)NC1CC=CC(C(=O)NCC(=O)N2CCC[C@H]2C(=O)NCC=O)=C1Cl. The van der Waals surface area contributed by atoms with Crippen molar-refractivity contribution in [1.82, 2.24) is 20.9 Å². The summed E-state index contributed by atoms with van der Waals surface area (Å²) in [5.74, 6) is -1.58. The Morgan fingerprint density at radius 2 is 2.04 bits per heavy atom. The van der Waals surface area contributed by atoms with E-state index >= 15 is 0 Å². The van der Waals surface area contributed by atoms with E-state index in [2.05, 4.69) is 16.0 Å². The maximum Gasteiger partial charge on any atom is 0.252 e. The van der Waals surface area contributed by atoms with Crippen LogP contribution in [0.15, 0.2) is 22.8 Å². The summed E-state index contributed by atoms with van der Waals surface area (Å²) in [6.07, 6.45) is 5.48. The van der Waals surface area contributed by atoms with Crippen LogP contribution in [-0.2, 0) is 24.0 Å². The minimum absolute atomic E-state index is 0.109. The predicted octanol–water partition coefficient (Wildman–Crippen LogP) is -0.634. The lowest BCUT2D eigenvalue weighted by Crippen LogP contribution is -2.49. The Morgan fingerprint density at radius 3 is 2.71 bits per heavy atom. The fourth-order valence-electron chi connectivity index (χ4n) is 3.20. The second-order valence-corrected chi connectivity index (χ2v) is 6.90. The zero-order valence-corrected chi connectivity index (χ0v) is 16.3. The molecule has 0 radical (unpaired) electrons. The largest absolute Gasteiger partial charge is 0.348 e. The Kier molecular flexibility index (Phi) is 7.74. The van der Waals surface area contributed by atoms with Gasteiger partial charge in [0.05, 0.1) is 29.7 Å². The number of halogens is 1. The number of carbonyl (C=O) groups excluding carboxylic acids is 5. The number of likely N-dealkylation sites (tertiary alicyclic amines) is 1. The molecule has 28 heavy (non-hydrogen) atoms. The zero-order valence-electron chi connectivity index (χ0n) is 15.5. The summed E-state index contributed by atoms with van der Waals surface area (Å²) in [7, 11) is 0. The quantitative estimate of drug-likeness (QED) is 0.482. The molecule has 0 aromatic heterocycles. The highest BCUT2D eigenvalue weighted by Gasteiger charge is 2.34. The smallest absolute Gasteiger partial charge is 0.252 e. The highest BCUT2D eigenvalue weighted by molar-refractivity contribution is 6.33. The third kappa shape index (κ3) is 5.41. The molecule has 2 atom stereocenters. The van der Waals surface area contributed by atoms with Gasteiger partial charge in [-0.05, 0) is 19.3 Å². The van der Waals surface area contributed by atoms with E-state index in [1.807, 2.05) is 0 Å². The molecule has 152 valence electrons. The van der Waals surface area contributed by atoms with Gasteiger partial charge in [0.25, 0.3) is 5.91 Å². The highest BCUT2D eigenvalue weighted by Crippen LogP contribution is 2.23. The van der Waals surface area contributed by atoms with Gasteiger partial charge >= 0.3 is 0 Å². The second-order valence-electron chi connectivity index (χ2n) is 6.49. The summed E-state index contributed by atoms with van der Waals surface area (Å²) in [5, 5.41) is 7.82. The van der Waals surface area contributed by atoms with Crippen molar-refractivity contribution >= 4 is 41.5 Å². The Balaban J connectivity index is 1.95. The lowest BCUT2D eigenvalue weighted by molar-refractivity contribution is -0.138. The minimum atomic E-state index is -0.647. The number of aldehydes is 1. The van der Waals surface area contributed by atoms with Crippen LogP contribution in [0.4, 0.5) is 0 Å². The van der Waals surface area contributed by atoms with E-state index in [4.69, 9.17) is 11.6 Å². The van der Waals surface area contributed by atoms with Crippen LogP contribution in [0.1, 0.15) is 26.2 Å². The van der Waals surface area contributed by atoms with Crippen LogP contribution in [-0.4, -0.2) is 66.5 Å². The maximum absolute atomic E-state index is 12.5. The Hall–Kier alpha value is -2.68. The van der Waals surface area contributed by atoms with Crippen LogP contribution in [0.5, 0.6) is 0 Å². The summed E-state index contributed by atoms with van der Waals surface area (Å²) < 4.78 is 0. The van der Waals surface area contributed by atoms with Gasteiger partial charge < -0.3 is 25.6 Å². The molecule has 3 N–H and O–H groups in total. The van der Waals surface area contributed by atoms with Gasteiger partial charge in [-0.3, -0.25) is 19.2 Å². The van der Waals surface area contributed by atoms with Crippen LogP contribution >= 0.6 is 11.6 Å². The fraction of sp³-hybridized carbons (Fsp3) is 0.500. The summed E-state index contributed by atoms with van der Waals surface area (Å²) in [6.45, 7) is 1.37. The van der Waals surface area contributed by atoms with Crippen LogP contribution < -0.4 is 16.0 Å². The molecule has 0 aromatic carbocycles. The van der Waals surface area contributed by atoms with Crippen LogP contribution in [0.3, 0.4) is 0 Å². The van der Waals surface area contributed by atoms with Crippen LogP contribution in [0.2, 0.25) is 0 Å². The molecule has 10 heteroatoms. The summed E-state index contributed by atoms with van der Waals surface area (Å²) >= 11 is 6.22. The van der Waals surface area contributed by atoms with Gasteiger partial charge in [-0.1, -0.05) is 23.8 Å². The zero-order chi connectivity index (χ0) is 20.7. The first-order valence-electron chi connectivity index (χ1n) is 8.97. The summed E-state index contributed by atoms with van der Waals surface area (Å²) in [6, 6.07) is -1.13. The fourth-order valence-corrected chi connectivity index (χ4v) is 3.49. The van der Waals surface area contributed by atoms with E-state index in [1.54, 1.807) is 12.2 Å². The number of nitrogens with zero attached hydrogens (tertiary/aromatic N) is 1. The topological polar surface area (TPSA) is 125 Å². The molecule has 0 bridgehead atoms. The van der Waals surface area contributed by atoms with Gasteiger partial charge in [-0.2, -0.15) is 0 Å². The standard InChI is InChI=1S/C18H23ClN4O5/c1-11(25)22-13-5-2-4-12(16(13)19)17(27)21-10-15(26)23-8-3-6-14(23)18(28)20-7-9-24/h2,4,9,13-14H,3,5-8,10H2,1H3,(H,20,28)(H,21,27)(H,22,25)/t13?,14-/m0/s1. The number of hydrogen-bond acceptors (Lipinski definition) is 5. The van der Waals surface area contributed by atoms with E-state index in [9.17, 15) is 24.0 Å². The second kappa shape index (κ2) is 10.0. The van der Waals surface area contributed by atoms with Gasteiger partial charge in [0.1, 0.15) is 12.3 Å². The third-order valence-electron chi connectivity index (χ3n) is 4.48. The van der Waals surface area contributed by atoms with Crippen molar-refractivity contribution in [1.29, 1.82) is 0 Å². The van der Waals surface area contributed by atoms with Crippen molar-refractivity contribution < 1.29 is 24.0 Å². The monoisotopic (exact) mass is 410 g/mol. The van der Waals surface area contributed by atoms with Crippen LogP contribution in [0.25, 0.3) is 0 Å². The molecule has 1 saturated heterocycles. The molecule has 0 saturated carbocycles. The number of hydrogen-bond donors (Lipinski definition) is 3. The summed E-state index contributed by atoms with van der Waals surface area (Å²) in [5.41, 5.74) is 0.182. The molecule has 4 amide bonds. The molecule has 1 aliphatic carbocycles. The van der Waals surface area contributed by atoms with E-state index in [0.29, 0.717) is 32.1 Å². The number of amides is 4. The van der Waals surface area contributed by atoms with Gasteiger partial charge in [0.2, 0.25) is 17.7 Å². The number of nitrogens with one attached hydrogen (secondary N) is 3. The van der Waals surface area contributed by atoms with Crippen molar-refractivity contribution in [2.45, 2.75) is 38.3 Å². The van der Waals surface area contributed by atoms with Crippen molar-refractivity contribution in [2.75, 3.05) is 19.6 Å². The first kappa shape index (κ1) is 21.6. The van der Waals surface area contributed by atoms with Crippen molar-refractivity contribution in [3.05, 3.63) is 22.8 Å². The molecule has 2 rings (SSSR count).